The Morgan fingerprint density at radius 1 is 0.440 bits per heavy atom. The van der Waals surface area contributed by atoms with Gasteiger partial charge in [0.1, 0.15) is 13.2 Å². The van der Waals surface area contributed by atoms with Crippen LogP contribution >= 0.6 is 7.82 Å². The van der Waals surface area contributed by atoms with Gasteiger partial charge in [0.15, 0.2) is 0 Å². The lowest BCUT2D eigenvalue weighted by Crippen LogP contribution is -2.45. The number of phosphoric ester groups is 1. The van der Waals surface area contributed by atoms with Gasteiger partial charge in [-0.25, -0.2) is 4.57 Å². The Kier molecular flexibility index (Phi) is 56.4. The predicted octanol–water partition coefficient (Wildman–Crippen LogP) is 20.5. The Hall–Kier alpha value is -1.28. The number of rotatable bonds is 61. The summed E-state index contributed by atoms with van der Waals surface area (Å²) >= 11 is 0. The molecule has 9 heteroatoms. The largest absolute Gasteiger partial charge is 0.472 e. The fourth-order valence-electron chi connectivity index (χ4n) is 9.94. The van der Waals surface area contributed by atoms with Crippen molar-refractivity contribution < 1.29 is 32.9 Å². The van der Waals surface area contributed by atoms with Crippen molar-refractivity contribution in [1.82, 2.24) is 5.32 Å². The minimum Gasteiger partial charge on any atom is -0.387 e. The molecule has 0 aliphatic rings. The molecule has 0 aliphatic heterocycles. The van der Waals surface area contributed by atoms with E-state index < -0.39 is 20.0 Å². The molecule has 444 valence electrons. The summed E-state index contributed by atoms with van der Waals surface area (Å²) in [6.45, 7) is 4.85. The summed E-state index contributed by atoms with van der Waals surface area (Å²) < 4.78 is 23.8. The van der Waals surface area contributed by atoms with E-state index >= 15 is 0 Å². The molecule has 3 N–H and O–H groups in total. The summed E-state index contributed by atoms with van der Waals surface area (Å²) in [6.07, 6.45) is 75.7. The average Bonchev–Trinajstić information content (AvgIpc) is 3.37. The predicted molar refractivity (Wildman–Crippen MR) is 328 cm³/mol. The van der Waals surface area contributed by atoms with Crippen LogP contribution < -0.4 is 5.32 Å². The molecule has 0 aromatic rings. The molecule has 0 heterocycles. The molecule has 0 spiro atoms. The smallest absolute Gasteiger partial charge is 0.387 e. The second-order valence-corrected chi connectivity index (χ2v) is 25.3. The monoisotopic (exact) mass is 1080 g/mol. The number of quaternary nitrogens is 1. The number of nitrogens with one attached hydrogen (secondary N) is 1. The third-order valence-electron chi connectivity index (χ3n) is 15.1. The molecule has 0 bridgehead atoms. The Labute approximate surface area is 467 Å². The number of likely N-dealkylation sites (N-methyl/N-ethyl adjacent to an activating group) is 1. The van der Waals surface area contributed by atoms with E-state index in [2.05, 4.69) is 43.5 Å². The lowest BCUT2D eigenvalue weighted by atomic mass is 10.0. The molecular weight excluding hydrogens is 948 g/mol. The van der Waals surface area contributed by atoms with Gasteiger partial charge in [0.25, 0.3) is 0 Å². The van der Waals surface area contributed by atoms with Gasteiger partial charge in [-0.05, 0) is 57.8 Å². The van der Waals surface area contributed by atoms with Gasteiger partial charge >= 0.3 is 7.82 Å². The lowest BCUT2D eigenvalue weighted by Gasteiger charge is -2.25. The molecule has 8 nitrogen and oxygen atoms in total. The SMILES string of the molecule is CCCCCCCCCCCCCC/C=C\CCCCCCCCCCCCCCCC(=O)NC(COP(=O)(O)OCC[N+](C)(C)C)C(O)/C=C/CC/C=C/CCCCCCCCCCCCCCCCCCCC. The van der Waals surface area contributed by atoms with E-state index in [0.29, 0.717) is 17.4 Å². The van der Waals surface area contributed by atoms with E-state index in [-0.39, 0.29) is 19.1 Å². The average molecular weight is 1080 g/mol. The zero-order valence-corrected chi connectivity index (χ0v) is 51.7. The van der Waals surface area contributed by atoms with E-state index in [4.69, 9.17) is 9.05 Å². The number of hydrogen-bond acceptors (Lipinski definition) is 5. The molecule has 0 aromatic heterocycles. The van der Waals surface area contributed by atoms with Crippen LogP contribution in [0.3, 0.4) is 0 Å². The van der Waals surface area contributed by atoms with Crippen molar-refractivity contribution in [2.75, 3.05) is 40.9 Å². The topological polar surface area (TPSA) is 105 Å². The molecule has 75 heavy (non-hydrogen) atoms. The molecule has 3 atom stereocenters. The number of carbonyl (C=O) groups excluding carboxylic acids is 1. The maximum atomic E-state index is 13.0. The van der Waals surface area contributed by atoms with Crippen molar-refractivity contribution in [1.29, 1.82) is 0 Å². The van der Waals surface area contributed by atoms with Crippen molar-refractivity contribution in [3.8, 4) is 0 Å². The summed E-state index contributed by atoms with van der Waals surface area (Å²) in [6, 6.07) is -0.864. The molecule has 0 saturated heterocycles. The van der Waals surface area contributed by atoms with E-state index in [9.17, 15) is 19.4 Å². The van der Waals surface area contributed by atoms with Crippen LogP contribution in [-0.2, 0) is 18.4 Å². The molecule has 3 unspecified atom stereocenters. The van der Waals surface area contributed by atoms with E-state index in [1.165, 1.54) is 270 Å². The van der Waals surface area contributed by atoms with Crippen LogP contribution in [0.5, 0.6) is 0 Å². The fraction of sp³-hybridized carbons (Fsp3) is 0.894. The molecule has 0 rings (SSSR count). The molecule has 0 aromatic carbocycles. The van der Waals surface area contributed by atoms with Gasteiger partial charge in [-0.2, -0.15) is 0 Å². The maximum Gasteiger partial charge on any atom is 0.472 e. The van der Waals surface area contributed by atoms with Crippen LogP contribution in [0, 0.1) is 0 Å². The lowest BCUT2D eigenvalue weighted by molar-refractivity contribution is -0.870. The highest BCUT2D eigenvalue weighted by atomic mass is 31.2. The summed E-state index contributed by atoms with van der Waals surface area (Å²) in [4.78, 5) is 23.4. The van der Waals surface area contributed by atoms with Crippen molar-refractivity contribution in [2.24, 2.45) is 0 Å². The van der Waals surface area contributed by atoms with Crippen LogP contribution in [-0.4, -0.2) is 73.4 Å². The zero-order chi connectivity index (χ0) is 54.9. The highest BCUT2D eigenvalue weighted by Gasteiger charge is 2.28. The molecule has 1 amide bonds. The first-order valence-electron chi connectivity index (χ1n) is 32.9. The quantitative estimate of drug-likeness (QED) is 0.0243. The van der Waals surface area contributed by atoms with Crippen molar-refractivity contribution >= 4 is 13.7 Å². The number of unbranched alkanes of at least 4 members (excludes halogenated alkanes) is 44. The number of aliphatic hydroxyl groups is 1. The molecule has 0 fully saturated rings. The summed E-state index contributed by atoms with van der Waals surface area (Å²) in [5, 5.41) is 14.0. The van der Waals surface area contributed by atoms with Crippen molar-refractivity contribution in [2.45, 2.75) is 341 Å². The first kappa shape index (κ1) is 73.7. The summed E-state index contributed by atoms with van der Waals surface area (Å²) in [7, 11) is 1.57. The second-order valence-electron chi connectivity index (χ2n) is 23.8. The van der Waals surface area contributed by atoms with Crippen LogP contribution in [0.2, 0.25) is 0 Å². The summed E-state index contributed by atoms with van der Waals surface area (Å²) in [5.41, 5.74) is 0. The number of amides is 1. The van der Waals surface area contributed by atoms with Gasteiger partial charge in [-0.3, -0.25) is 13.8 Å². The molecule has 0 radical (unpaired) electrons. The Bertz CT molecular complexity index is 1320. The van der Waals surface area contributed by atoms with Gasteiger partial charge in [-0.15, -0.1) is 0 Å². The van der Waals surface area contributed by atoms with E-state index in [0.717, 1.165) is 38.5 Å². The molecule has 0 aliphatic carbocycles. The van der Waals surface area contributed by atoms with E-state index in [1.807, 2.05) is 27.2 Å². The Balaban J connectivity index is 4.13. The molecule has 0 saturated carbocycles. The summed E-state index contributed by atoms with van der Waals surface area (Å²) in [5.74, 6) is -0.182. The fourth-order valence-corrected chi connectivity index (χ4v) is 10.7. The first-order valence-corrected chi connectivity index (χ1v) is 34.4. The normalized spacial score (nSPS) is 14.0. The first-order chi connectivity index (χ1) is 36.5. The standard InChI is InChI=1S/C66H129N2O6P/c1-6-8-10-12-14-16-18-20-22-24-26-28-30-32-33-34-35-36-38-40-42-44-46-48-50-52-54-56-58-60-66(70)67-64(63-74-75(71,72)73-62-61-68(3,4)5)65(69)59-57-55-53-51-49-47-45-43-41-39-37-31-29-27-25-23-21-19-17-15-13-11-9-7-2/h32-33,49,51,57,59,64-65,69H,6-31,34-48,50,52-56,58,60-63H2,1-5H3,(H-,67,70,71,72)/p+1/b33-32-,51-49+,59-57+. The van der Waals surface area contributed by atoms with Crippen LogP contribution in [0.1, 0.15) is 328 Å². The van der Waals surface area contributed by atoms with Gasteiger partial charge < -0.3 is 19.8 Å². The third-order valence-corrected chi connectivity index (χ3v) is 16.1. The molecular formula is C66H130N2O6P+. The van der Waals surface area contributed by atoms with Gasteiger partial charge in [0, 0.05) is 6.42 Å². The maximum absolute atomic E-state index is 13.0. The van der Waals surface area contributed by atoms with Gasteiger partial charge in [-0.1, -0.05) is 301 Å². The number of hydrogen-bond donors (Lipinski definition) is 3. The number of carbonyl (C=O) groups is 1. The highest BCUT2D eigenvalue weighted by Crippen LogP contribution is 2.43. The Morgan fingerprint density at radius 3 is 1.07 bits per heavy atom. The number of aliphatic hydroxyl groups excluding tert-OH is 1. The minimum atomic E-state index is -4.36. The number of allylic oxidation sites excluding steroid dienone is 5. The Morgan fingerprint density at radius 2 is 0.733 bits per heavy atom. The van der Waals surface area contributed by atoms with Crippen LogP contribution in [0.4, 0.5) is 0 Å². The van der Waals surface area contributed by atoms with Crippen LogP contribution in [0.25, 0.3) is 0 Å². The third kappa shape index (κ3) is 60.2. The van der Waals surface area contributed by atoms with E-state index in [1.54, 1.807) is 6.08 Å². The number of phosphoric acid groups is 1. The van der Waals surface area contributed by atoms with Gasteiger partial charge in [0.2, 0.25) is 5.91 Å². The van der Waals surface area contributed by atoms with Gasteiger partial charge in [0.05, 0.1) is 39.9 Å². The van der Waals surface area contributed by atoms with Crippen molar-refractivity contribution in [3.63, 3.8) is 0 Å². The minimum absolute atomic E-state index is 0.0573. The second kappa shape index (κ2) is 57.4. The van der Waals surface area contributed by atoms with Crippen LogP contribution in [0.15, 0.2) is 36.5 Å². The highest BCUT2D eigenvalue weighted by molar-refractivity contribution is 7.47. The van der Waals surface area contributed by atoms with Crippen molar-refractivity contribution in [3.05, 3.63) is 36.5 Å². The number of nitrogens with zero attached hydrogens (tertiary/aromatic N) is 1. The zero-order valence-electron chi connectivity index (χ0n) is 50.8.